The molecule has 3 heterocycles. The highest BCUT2D eigenvalue weighted by atomic mass is 16.5. The Morgan fingerprint density at radius 2 is 2.07 bits per heavy atom. The lowest BCUT2D eigenvalue weighted by atomic mass is 10.1. The van der Waals surface area contributed by atoms with Crippen molar-refractivity contribution < 1.29 is 18.5 Å². The highest BCUT2D eigenvalue weighted by Crippen LogP contribution is 2.28. The first-order valence-corrected chi connectivity index (χ1v) is 9.46. The zero-order valence-corrected chi connectivity index (χ0v) is 16.8. The van der Waals surface area contributed by atoms with Gasteiger partial charge in [0.25, 0.3) is 11.6 Å². The molecule has 0 bridgehead atoms. The van der Waals surface area contributed by atoms with Crippen LogP contribution in [0, 0.1) is 6.92 Å². The Bertz CT molecular complexity index is 1180. The number of pyridine rings is 1. The first-order valence-electron chi connectivity index (χ1n) is 9.46. The summed E-state index contributed by atoms with van der Waals surface area (Å²) in [6, 6.07) is 12.9. The van der Waals surface area contributed by atoms with Crippen LogP contribution in [-0.4, -0.2) is 34.6 Å². The van der Waals surface area contributed by atoms with Crippen LogP contribution < -0.4 is 4.74 Å². The van der Waals surface area contributed by atoms with E-state index in [0.717, 1.165) is 11.3 Å². The molecule has 7 nitrogen and oxygen atoms in total. The van der Waals surface area contributed by atoms with Crippen LogP contribution in [0.3, 0.4) is 0 Å². The molecular formula is C23H21N3O4. The first-order chi connectivity index (χ1) is 14.6. The summed E-state index contributed by atoms with van der Waals surface area (Å²) in [4.78, 5) is 19.4. The molecule has 0 saturated carbocycles. The van der Waals surface area contributed by atoms with Crippen molar-refractivity contribution in [3.8, 4) is 17.2 Å². The fraction of sp³-hybridized carbons (Fsp3) is 0.174. The Labute approximate surface area is 173 Å². The van der Waals surface area contributed by atoms with Gasteiger partial charge in [0.15, 0.2) is 5.76 Å². The third-order valence-corrected chi connectivity index (χ3v) is 4.68. The van der Waals surface area contributed by atoms with E-state index in [0.29, 0.717) is 47.0 Å². The van der Waals surface area contributed by atoms with E-state index in [-0.39, 0.29) is 5.91 Å². The average molecular weight is 403 g/mol. The van der Waals surface area contributed by atoms with Crippen LogP contribution in [0.25, 0.3) is 22.6 Å². The summed E-state index contributed by atoms with van der Waals surface area (Å²) < 4.78 is 16.3. The van der Waals surface area contributed by atoms with E-state index in [1.807, 2.05) is 24.3 Å². The minimum absolute atomic E-state index is 0.159. The molecule has 4 rings (SSSR count). The average Bonchev–Trinajstić information content (AvgIpc) is 3.42. The summed E-state index contributed by atoms with van der Waals surface area (Å²) in [5.74, 6) is 1.15. The van der Waals surface area contributed by atoms with E-state index in [1.165, 1.54) is 0 Å². The lowest BCUT2D eigenvalue weighted by Gasteiger charge is -2.18. The molecular weight excluding hydrogens is 382 g/mol. The van der Waals surface area contributed by atoms with Crippen LogP contribution in [-0.2, 0) is 6.54 Å². The number of nitrogens with zero attached hydrogens (tertiary/aromatic N) is 3. The van der Waals surface area contributed by atoms with Gasteiger partial charge in [-0.1, -0.05) is 29.9 Å². The molecule has 0 fully saturated rings. The number of hydrogen-bond donors (Lipinski definition) is 0. The van der Waals surface area contributed by atoms with Gasteiger partial charge >= 0.3 is 0 Å². The Balaban J connectivity index is 1.62. The van der Waals surface area contributed by atoms with Crippen molar-refractivity contribution in [1.29, 1.82) is 0 Å². The van der Waals surface area contributed by atoms with Crippen LogP contribution >= 0.6 is 0 Å². The van der Waals surface area contributed by atoms with Gasteiger partial charge in [-0.2, -0.15) is 0 Å². The summed E-state index contributed by atoms with van der Waals surface area (Å²) in [5, 5.41) is 4.59. The van der Waals surface area contributed by atoms with Gasteiger partial charge in [0.2, 0.25) is 0 Å². The number of rotatable bonds is 7. The predicted octanol–water partition coefficient (Wildman–Crippen LogP) is 4.63. The van der Waals surface area contributed by atoms with Gasteiger partial charge in [0.05, 0.1) is 22.9 Å². The van der Waals surface area contributed by atoms with E-state index in [9.17, 15) is 4.79 Å². The van der Waals surface area contributed by atoms with Gasteiger partial charge in [0.1, 0.15) is 18.1 Å². The molecule has 1 aromatic carbocycles. The van der Waals surface area contributed by atoms with Crippen molar-refractivity contribution >= 4 is 17.0 Å². The van der Waals surface area contributed by atoms with Crippen molar-refractivity contribution in [3.05, 3.63) is 78.2 Å². The number of carbonyl (C=O) groups is 1. The Kier molecular flexibility index (Phi) is 5.34. The van der Waals surface area contributed by atoms with Gasteiger partial charge < -0.3 is 18.6 Å². The summed E-state index contributed by atoms with van der Waals surface area (Å²) in [6.45, 7) is 6.31. The number of ether oxygens (including phenoxy) is 1. The highest BCUT2D eigenvalue weighted by molar-refractivity contribution is 6.06. The Morgan fingerprint density at radius 1 is 1.27 bits per heavy atom. The molecule has 0 aliphatic rings. The largest absolute Gasteiger partial charge is 0.490 e. The second-order valence-electron chi connectivity index (χ2n) is 6.89. The summed E-state index contributed by atoms with van der Waals surface area (Å²) in [5.41, 5.74) is 2.89. The van der Waals surface area contributed by atoms with Gasteiger partial charge in [-0.3, -0.25) is 4.79 Å². The van der Waals surface area contributed by atoms with Crippen molar-refractivity contribution in [2.45, 2.75) is 13.5 Å². The molecule has 0 saturated heterocycles. The maximum Gasteiger partial charge on any atom is 0.259 e. The summed E-state index contributed by atoms with van der Waals surface area (Å²) in [7, 11) is 1.76. The van der Waals surface area contributed by atoms with Gasteiger partial charge in [-0.05, 0) is 42.8 Å². The second-order valence-corrected chi connectivity index (χ2v) is 6.89. The molecule has 0 unspecified atom stereocenters. The van der Waals surface area contributed by atoms with Crippen molar-refractivity contribution in [2.24, 2.45) is 0 Å². The third kappa shape index (κ3) is 3.82. The standard InChI is InChI=1S/C23H21N3O4/c1-4-11-28-17-9-7-16(8-10-17)14-26(3)23(27)18-13-19(20-6-5-12-29-20)24-22-21(18)15(2)25-30-22/h4-10,12-13H,1,11,14H2,2-3H3. The zero-order valence-electron chi connectivity index (χ0n) is 16.8. The number of fused-ring (bicyclic) bond motifs is 1. The smallest absolute Gasteiger partial charge is 0.259 e. The molecule has 0 radical (unpaired) electrons. The molecule has 30 heavy (non-hydrogen) atoms. The number of aryl methyl sites for hydroxylation is 1. The van der Waals surface area contributed by atoms with Crippen LogP contribution in [0.4, 0.5) is 0 Å². The molecule has 152 valence electrons. The Morgan fingerprint density at radius 3 is 2.77 bits per heavy atom. The quantitative estimate of drug-likeness (QED) is 0.419. The SMILES string of the molecule is C=CCOc1ccc(CN(C)C(=O)c2cc(-c3ccco3)nc3onc(C)c23)cc1. The van der Waals surface area contributed by atoms with E-state index in [1.54, 1.807) is 49.4 Å². The van der Waals surface area contributed by atoms with E-state index in [4.69, 9.17) is 13.7 Å². The number of carbonyl (C=O) groups excluding carboxylic acids is 1. The molecule has 4 aromatic rings. The summed E-state index contributed by atoms with van der Waals surface area (Å²) in [6.07, 6.45) is 3.25. The summed E-state index contributed by atoms with van der Waals surface area (Å²) >= 11 is 0. The lowest BCUT2D eigenvalue weighted by Crippen LogP contribution is -2.26. The minimum Gasteiger partial charge on any atom is -0.490 e. The fourth-order valence-electron chi connectivity index (χ4n) is 3.21. The minimum atomic E-state index is -0.159. The monoisotopic (exact) mass is 403 g/mol. The molecule has 3 aromatic heterocycles. The van der Waals surface area contributed by atoms with Crippen molar-refractivity contribution in [3.63, 3.8) is 0 Å². The van der Waals surface area contributed by atoms with Gasteiger partial charge in [0, 0.05) is 13.6 Å². The zero-order chi connectivity index (χ0) is 21.1. The van der Waals surface area contributed by atoms with Crippen LogP contribution in [0.5, 0.6) is 5.75 Å². The molecule has 0 aliphatic heterocycles. The van der Waals surface area contributed by atoms with E-state index in [2.05, 4.69) is 16.7 Å². The lowest BCUT2D eigenvalue weighted by molar-refractivity contribution is 0.0787. The first kappa shape index (κ1) is 19.4. The number of hydrogen-bond acceptors (Lipinski definition) is 6. The topological polar surface area (TPSA) is 81.6 Å². The van der Waals surface area contributed by atoms with Crippen LogP contribution in [0.2, 0.25) is 0 Å². The second kappa shape index (κ2) is 8.24. The molecule has 7 heteroatoms. The fourth-order valence-corrected chi connectivity index (χ4v) is 3.21. The maximum atomic E-state index is 13.3. The third-order valence-electron chi connectivity index (χ3n) is 4.68. The van der Waals surface area contributed by atoms with Crippen molar-refractivity contribution in [1.82, 2.24) is 15.0 Å². The highest BCUT2D eigenvalue weighted by Gasteiger charge is 2.22. The Hall–Kier alpha value is -3.87. The normalized spacial score (nSPS) is 10.9. The molecule has 0 aliphatic carbocycles. The van der Waals surface area contributed by atoms with Crippen LogP contribution in [0.1, 0.15) is 21.6 Å². The van der Waals surface area contributed by atoms with Gasteiger partial charge in [-0.15, -0.1) is 0 Å². The predicted molar refractivity (Wildman–Crippen MR) is 112 cm³/mol. The number of amides is 1. The molecule has 0 N–H and O–H groups in total. The molecule has 0 spiro atoms. The van der Waals surface area contributed by atoms with Gasteiger partial charge in [-0.25, -0.2) is 4.98 Å². The molecule has 1 amide bonds. The van der Waals surface area contributed by atoms with E-state index < -0.39 is 0 Å². The number of aromatic nitrogens is 2. The maximum absolute atomic E-state index is 13.3. The van der Waals surface area contributed by atoms with Crippen LogP contribution in [0.15, 0.2) is 70.3 Å². The van der Waals surface area contributed by atoms with Crippen molar-refractivity contribution in [2.75, 3.05) is 13.7 Å². The van der Waals surface area contributed by atoms with E-state index >= 15 is 0 Å². The number of benzene rings is 1. The molecule has 0 atom stereocenters. The number of furan rings is 1.